The number of aliphatic hydroxyl groups is 1. The molecule has 0 rings (SSSR count). The van der Waals surface area contributed by atoms with Crippen LogP contribution in [0.3, 0.4) is 0 Å². The molecule has 0 aromatic heterocycles. The normalized spacial score (nSPS) is 17.1. The predicted molar refractivity (Wildman–Crippen MR) is 63.6 cm³/mol. The highest BCUT2D eigenvalue weighted by atomic mass is 16.6. The highest BCUT2D eigenvalue weighted by molar-refractivity contribution is 4.58. The summed E-state index contributed by atoms with van der Waals surface area (Å²) in [6.45, 7) is 7.49. The minimum absolute atomic E-state index is 0.0560. The summed E-state index contributed by atoms with van der Waals surface area (Å²) in [5, 5.41) is 9.38. The maximum absolute atomic E-state index is 9.38. The third-order valence-corrected chi connectivity index (χ3v) is 2.42. The van der Waals surface area contributed by atoms with Crippen LogP contribution < -0.4 is 0 Å². The van der Waals surface area contributed by atoms with Crippen LogP contribution >= 0.6 is 0 Å². The van der Waals surface area contributed by atoms with Crippen molar-refractivity contribution in [1.82, 2.24) is 0 Å². The van der Waals surface area contributed by atoms with Crippen molar-refractivity contribution >= 4 is 0 Å². The van der Waals surface area contributed by atoms with Crippen LogP contribution in [0.2, 0.25) is 0 Å². The molecule has 4 nitrogen and oxygen atoms in total. The summed E-state index contributed by atoms with van der Waals surface area (Å²) in [6.07, 6.45) is 1.37. The lowest BCUT2D eigenvalue weighted by Gasteiger charge is -2.20. The molecule has 98 valence electrons. The summed E-state index contributed by atoms with van der Waals surface area (Å²) >= 11 is 0. The Kier molecular flexibility index (Phi) is 9.92. The maximum Gasteiger partial charge on any atom is 0.0807 e. The van der Waals surface area contributed by atoms with E-state index in [4.69, 9.17) is 14.2 Å². The fourth-order valence-corrected chi connectivity index (χ4v) is 1.20. The minimum Gasteiger partial charge on any atom is -0.391 e. The van der Waals surface area contributed by atoms with Gasteiger partial charge in [0.1, 0.15) is 0 Å². The van der Waals surface area contributed by atoms with Crippen LogP contribution in [0, 0.1) is 0 Å². The lowest BCUT2D eigenvalue weighted by Crippen LogP contribution is -2.27. The number of rotatable bonds is 10. The molecular weight excluding hydrogens is 208 g/mol. The van der Waals surface area contributed by atoms with E-state index in [2.05, 4.69) is 0 Å². The molecule has 0 aromatic rings. The highest BCUT2D eigenvalue weighted by Gasteiger charge is 2.11. The first-order valence-electron chi connectivity index (χ1n) is 6.04. The van der Waals surface area contributed by atoms with Crippen molar-refractivity contribution < 1.29 is 19.3 Å². The van der Waals surface area contributed by atoms with Gasteiger partial charge in [-0.15, -0.1) is 0 Å². The number of ether oxygens (including phenoxy) is 3. The van der Waals surface area contributed by atoms with Crippen molar-refractivity contribution in [2.24, 2.45) is 0 Å². The molecule has 0 saturated heterocycles. The van der Waals surface area contributed by atoms with Gasteiger partial charge in [0.15, 0.2) is 0 Å². The highest BCUT2D eigenvalue weighted by Crippen LogP contribution is 2.04. The first kappa shape index (κ1) is 15.8. The lowest BCUT2D eigenvalue weighted by atomic mass is 10.2. The summed E-state index contributed by atoms with van der Waals surface area (Å²) in [7, 11) is 1.66. The van der Waals surface area contributed by atoms with Crippen LogP contribution in [-0.4, -0.2) is 50.3 Å². The van der Waals surface area contributed by atoms with E-state index >= 15 is 0 Å². The molecule has 0 spiro atoms. The average molecular weight is 234 g/mol. The van der Waals surface area contributed by atoms with Crippen molar-refractivity contribution in [1.29, 1.82) is 0 Å². The van der Waals surface area contributed by atoms with Crippen LogP contribution in [0.15, 0.2) is 0 Å². The van der Waals surface area contributed by atoms with E-state index in [0.717, 1.165) is 12.8 Å². The number of aliphatic hydroxyl groups excluding tert-OH is 1. The first-order chi connectivity index (χ1) is 7.63. The molecule has 0 radical (unpaired) electrons. The molecule has 3 atom stereocenters. The van der Waals surface area contributed by atoms with Crippen LogP contribution in [0.4, 0.5) is 0 Å². The topological polar surface area (TPSA) is 47.9 Å². The quantitative estimate of drug-likeness (QED) is 0.624. The molecule has 16 heavy (non-hydrogen) atoms. The summed E-state index contributed by atoms with van der Waals surface area (Å²) in [4.78, 5) is 0. The van der Waals surface area contributed by atoms with E-state index < -0.39 is 0 Å². The minimum atomic E-state index is -0.370. The Labute approximate surface area is 98.9 Å². The second-order valence-corrected chi connectivity index (χ2v) is 4.02. The summed E-state index contributed by atoms with van der Waals surface area (Å²) in [6, 6.07) is 0. The molecule has 0 aromatic carbocycles. The average Bonchev–Trinajstić information content (AvgIpc) is 2.29. The molecule has 0 heterocycles. The van der Waals surface area contributed by atoms with Gasteiger partial charge < -0.3 is 19.3 Å². The Hall–Kier alpha value is -0.160. The Bertz CT molecular complexity index is 152. The fourth-order valence-electron chi connectivity index (χ4n) is 1.20. The molecule has 0 bridgehead atoms. The van der Waals surface area contributed by atoms with E-state index in [1.165, 1.54) is 0 Å². The smallest absolute Gasteiger partial charge is 0.0807 e. The van der Waals surface area contributed by atoms with Gasteiger partial charge in [0.05, 0.1) is 38.1 Å². The van der Waals surface area contributed by atoms with Crippen LogP contribution in [0.25, 0.3) is 0 Å². The van der Waals surface area contributed by atoms with E-state index in [9.17, 15) is 5.11 Å². The van der Waals surface area contributed by atoms with E-state index in [0.29, 0.717) is 19.8 Å². The zero-order chi connectivity index (χ0) is 12.4. The molecule has 3 unspecified atom stereocenters. The Morgan fingerprint density at radius 3 is 2.19 bits per heavy atom. The molecule has 0 amide bonds. The van der Waals surface area contributed by atoms with Gasteiger partial charge >= 0.3 is 0 Å². The number of hydrogen-bond acceptors (Lipinski definition) is 4. The molecule has 1 N–H and O–H groups in total. The molecular formula is C12H26O4. The van der Waals surface area contributed by atoms with Gasteiger partial charge in [-0.2, -0.15) is 0 Å². The Morgan fingerprint density at radius 2 is 1.69 bits per heavy atom. The second kappa shape index (κ2) is 10.0. The van der Waals surface area contributed by atoms with Gasteiger partial charge in [-0.25, -0.2) is 0 Å². The van der Waals surface area contributed by atoms with E-state index in [1.54, 1.807) is 7.11 Å². The molecule has 4 heteroatoms. The summed E-state index contributed by atoms with van der Waals surface area (Å²) in [5.41, 5.74) is 0. The largest absolute Gasteiger partial charge is 0.391 e. The van der Waals surface area contributed by atoms with Gasteiger partial charge in [0.2, 0.25) is 0 Å². The molecule has 0 aliphatic heterocycles. The van der Waals surface area contributed by atoms with Gasteiger partial charge in [-0.05, 0) is 19.8 Å². The summed E-state index contributed by atoms with van der Waals surface area (Å²) in [5.74, 6) is 0. The van der Waals surface area contributed by atoms with E-state index in [-0.39, 0.29) is 18.3 Å². The van der Waals surface area contributed by atoms with Crippen molar-refractivity contribution in [3.05, 3.63) is 0 Å². The van der Waals surface area contributed by atoms with Crippen molar-refractivity contribution in [3.8, 4) is 0 Å². The van der Waals surface area contributed by atoms with Crippen molar-refractivity contribution in [3.63, 3.8) is 0 Å². The van der Waals surface area contributed by atoms with Gasteiger partial charge in [0, 0.05) is 7.11 Å². The van der Waals surface area contributed by atoms with Crippen LogP contribution in [0.1, 0.15) is 33.6 Å². The molecule has 0 aliphatic rings. The fraction of sp³-hybridized carbons (Fsp3) is 1.00. The van der Waals surface area contributed by atoms with E-state index in [1.807, 2.05) is 20.8 Å². The summed E-state index contributed by atoms with van der Waals surface area (Å²) < 4.78 is 16.1. The van der Waals surface area contributed by atoms with Gasteiger partial charge in [-0.1, -0.05) is 13.8 Å². The lowest BCUT2D eigenvalue weighted by molar-refractivity contribution is -0.0757. The second-order valence-electron chi connectivity index (χ2n) is 4.02. The Balaban J connectivity index is 3.66. The van der Waals surface area contributed by atoms with Crippen LogP contribution in [0.5, 0.6) is 0 Å². The van der Waals surface area contributed by atoms with Crippen molar-refractivity contribution in [2.45, 2.75) is 51.9 Å². The van der Waals surface area contributed by atoms with Crippen LogP contribution in [-0.2, 0) is 14.2 Å². The van der Waals surface area contributed by atoms with Gasteiger partial charge in [-0.3, -0.25) is 0 Å². The number of hydrogen-bond donors (Lipinski definition) is 1. The molecule has 0 aliphatic carbocycles. The maximum atomic E-state index is 9.38. The zero-order valence-corrected chi connectivity index (χ0v) is 10.9. The number of methoxy groups -OCH3 is 1. The van der Waals surface area contributed by atoms with Crippen molar-refractivity contribution in [2.75, 3.05) is 26.9 Å². The zero-order valence-electron chi connectivity index (χ0n) is 10.9. The molecule has 0 saturated carbocycles. The monoisotopic (exact) mass is 234 g/mol. The predicted octanol–water partition coefficient (Wildman–Crippen LogP) is 1.60. The molecule has 0 fully saturated rings. The third kappa shape index (κ3) is 8.05. The van der Waals surface area contributed by atoms with Gasteiger partial charge in [0.25, 0.3) is 0 Å². The third-order valence-electron chi connectivity index (χ3n) is 2.42. The SMILES string of the molecule is CCC(O)COC(CC)COC(C)COC. The first-order valence-corrected chi connectivity index (χ1v) is 6.04. The standard InChI is InChI=1S/C12H26O4/c1-5-11(13)8-16-12(6-2)9-15-10(3)7-14-4/h10-13H,5-9H2,1-4H3. The Morgan fingerprint density at radius 1 is 1.00 bits per heavy atom.